The Morgan fingerprint density at radius 1 is 1.18 bits per heavy atom. The van der Waals surface area contributed by atoms with Gasteiger partial charge in [0.15, 0.2) is 0 Å². The zero-order chi connectivity index (χ0) is 23.6. The van der Waals surface area contributed by atoms with Crippen molar-refractivity contribution < 1.29 is 18.0 Å². The number of hydrogen-bond acceptors (Lipinski definition) is 6. The van der Waals surface area contributed by atoms with Crippen LogP contribution >= 0.6 is 0 Å². The van der Waals surface area contributed by atoms with Gasteiger partial charge in [0.1, 0.15) is 5.69 Å². The first kappa shape index (κ1) is 22.7. The van der Waals surface area contributed by atoms with Crippen molar-refractivity contribution in [3.05, 3.63) is 59.7 Å². The van der Waals surface area contributed by atoms with Gasteiger partial charge >= 0.3 is 6.18 Å². The molecule has 1 amide bonds. The average Bonchev–Trinajstić information content (AvgIpc) is 3.32. The van der Waals surface area contributed by atoms with Crippen molar-refractivity contribution in [1.82, 2.24) is 29.9 Å². The first-order valence-electron chi connectivity index (χ1n) is 10.7. The van der Waals surface area contributed by atoms with E-state index in [1.54, 1.807) is 29.4 Å². The number of aryl methyl sites for hydroxylation is 1. The Hall–Kier alpha value is -3.50. The smallest absolute Gasteiger partial charge is 0.352 e. The number of likely N-dealkylation sites (tertiary alicyclic amines) is 1. The first-order chi connectivity index (χ1) is 15.7. The number of piperidine rings is 1. The highest BCUT2D eigenvalue weighted by Crippen LogP contribution is 2.29. The number of halogens is 3. The quantitative estimate of drug-likeness (QED) is 0.625. The average molecular weight is 459 g/mol. The summed E-state index contributed by atoms with van der Waals surface area (Å²) in [5, 5.41) is 11.2. The second kappa shape index (κ2) is 9.16. The number of anilines is 1. The number of rotatable bonds is 5. The van der Waals surface area contributed by atoms with E-state index in [0.717, 1.165) is 30.7 Å². The second-order valence-corrected chi connectivity index (χ2v) is 8.17. The van der Waals surface area contributed by atoms with Crippen LogP contribution in [0.25, 0.3) is 5.69 Å². The van der Waals surface area contributed by atoms with Crippen LogP contribution in [0.1, 0.15) is 41.4 Å². The minimum absolute atomic E-state index is 0.119. The number of alkyl halides is 3. The maximum absolute atomic E-state index is 13.7. The number of amides is 1. The topological polar surface area (TPSA) is 88.8 Å². The number of benzene rings is 1. The number of hydrogen-bond donors (Lipinski definition) is 1. The van der Waals surface area contributed by atoms with Crippen LogP contribution in [0.15, 0.2) is 42.9 Å². The van der Waals surface area contributed by atoms with Crippen LogP contribution in [0.3, 0.4) is 0 Å². The van der Waals surface area contributed by atoms with Crippen molar-refractivity contribution in [3.8, 4) is 5.69 Å². The maximum Gasteiger partial charge on any atom is 0.433 e. The third kappa shape index (κ3) is 4.96. The predicted octanol–water partition coefficient (Wildman–Crippen LogP) is 3.74. The molecule has 174 valence electrons. The monoisotopic (exact) mass is 459 g/mol. The number of carbonyl (C=O) groups excluding carboxylic acids is 1. The number of aromatic nitrogens is 5. The van der Waals surface area contributed by atoms with E-state index in [9.17, 15) is 18.0 Å². The lowest BCUT2D eigenvalue weighted by Gasteiger charge is -2.40. The van der Waals surface area contributed by atoms with Gasteiger partial charge in [-0.25, -0.2) is 9.97 Å². The standard InChI is InChI=1S/C22H24F3N7O/c1-14-5-6-17(32-28-9-10-29-32)16(12-14)20(33)31-11-3-4-15(2)18(31)13-27-21-26-8-7-19(30-21)22(23,24)25/h5-10,12,15,18H,3-4,11,13H2,1-2H3,(H,26,27,30)/t15-,18?/m1/s1. The largest absolute Gasteiger partial charge is 0.433 e. The van der Waals surface area contributed by atoms with Crippen LogP contribution in [0, 0.1) is 12.8 Å². The minimum Gasteiger partial charge on any atom is -0.352 e. The van der Waals surface area contributed by atoms with Crippen LogP contribution in [-0.2, 0) is 6.18 Å². The number of nitrogens with one attached hydrogen (secondary N) is 1. The summed E-state index contributed by atoms with van der Waals surface area (Å²) in [4.78, 5) is 24.3. The molecule has 1 unspecified atom stereocenters. The lowest BCUT2D eigenvalue weighted by molar-refractivity contribution is -0.141. The molecule has 0 aliphatic carbocycles. The molecule has 0 spiro atoms. The Labute approximate surface area is 188 Å². The van der Waals surface area contributed by atoms with Gasteiger partial charge in [0.05, 0.1) is 29.7 Å². The highest BCUT2D eigenvalue weighted by molar-refractivity contribution is 5.98. The molecule has 1 aromatic carbocycles. The Morgan fingerprint density at radius 2 is 1.94 bits per heavy atom. The van der Waals surface area contributed by atoms with Gasteiger partial charge in [0, 0.05) is 19.3 Å². The van der Waals surface area contributed by atoms with E-state index in [2.05, 4.69) is 25.5 Å². The van der Waals surface area contributed by atoms with E-state index in [4.69, 9.17) is 0 Å². The van der Waals surface area contributed by atoms with E-state index in [1.807, 2.05) is 19.9 Å². The van der Waals surface area contributed by atoms with Gasteiger partial charge in [-0.1, -0.05) is 18.6 Å². The van der Waals surface area contributed by atoms with Crippen molar-refractivity contribution in [2.24, 2.45) is 5.92 Å². The van der Waals surface area contributed by atoms with Gasteiger partial charge in [0.25, 0.3) is 5.91 Å². The molecule has 1 fully saturated rings. The Morgan fingerprint density at radius 3 is 2.67 bits per heavy atom. The molecule has 33 heavy (non-hydrogen) atoms. The molecule has 8 nitrogen and oxygen atoms in total. The molecule has 1 saturated heterocycles. The molecule has 11 heteroatoms. The van der Waals surface area contributed by atoms with Crippen molar-refractivity contribution in [2.75, 3.05) is 18.4 Å². The van der Waals surface area contributed by atoms with Crippen LogP contribution in [0.5, 0.6) is 0 Å². The molecule has 1 aliphatic rings. The summed E-state index contributed by atoms with van der Waals surface area (Å²) < 4.78 is 39.0. The van der Waals surface area contributed by atoms with Gasteiger partial charge in [-0.05, 0) is 43.9 Å². The van der Waals surface area contributed by atoms with Crippen LogP contribution in [-0.4, -0.2) is 54.9 Å². The SMILES string of the molecule is Cc1ccc(-n2nccn2)c(C(=O)N2CCC[C@@H](C)C2CNc2nccc(C(F)(F)F)n2)c1. The van der Waals surface area contributed by atoms with Crippen molar-refractivity contribution in [2.45, 2.75) is 38.9 Å². The molecule has 0 radical (unpaired) electrons. The van der Waals surface area contributed by atoms with Gasteiger partial charge in [-0.15, -0.1) is 0 Å². The van der Waals surface area contributed by atoms with Crippen LogP contribution in [0.4, 0.5) is 19.1 Å². The van der Waals surface area contributed by atoms with Crippen molar-refractivity contribution in [1.29, 1.82) is 0 Å². The molecular formula is C22H24F3N7O. The number of nitrogens with zero attached hydrogens (tertiary/aromatic N) is 6. The van der Waals surface area contributed by atoms with Gasteiger partial charge in [-0.3, -0.25) is 4.79 Å². The lowest BCUT2D eigenvalue weighted by atomic mass is 9.90. The third-order valence-electron chi connectivity index (χ3n) is 5.81. The first-order valence-corrected chi connectivity index (χ1v) is 10.7. The molecule has 0 bridgehead atoms. The molecule has 3 aromatic rings. The predicted molar refractivity (Wildman–Crippen MR) is 115 cm³/mol. The Kier molecular flexibility index (Phi) is 6.30. The zero-order valence-electron chi connectivity index (χ0n) is 18.3. The van der Waals surface area contributed by atoms with E-state index in [0.29, 0.717) is 17.8 Å². The fourth-order valence-corrected chi connectivity index (χ4v) is 4.10. The summed E-state index contributed by atoms with van der Waals surface area (Å²) in [7, 11) is 0. The summed E-state index contributed by atoms with van der Waals surface area (Å²) in [6.07, 6.45) is 1.34. The normalized spacial score (nSPS) is 18.9. The fraction of sp³-hybridized carbons (Fsp3) is 0.409. The third-order valence-corrected chi connectivity index (χ3v) is 5.81. The Balaban J connectivity index is 1.59. The van der Waals surface area contributed by atoms with Crippen molar-refractivity contribution >= 4 is 11.9 Å². The summed E-state index contributed by atoms with van der Waals surface area (Å²) in [5.74, 6) is -0.154. The molecule has 1 N–H and O–H groups in total. The molecule has 2 aromatic heterocycles. The van der Waals surface area contributed by atoms with Gasteiger partial charge in [0.2, 0.25) is 5.95 Å². The zero-order valence-corrected chi connectivity index (χ0v) is 18.3. The van der Waals surface area contributed by atoms with Crippen molar-refractivity contribution in [3.63, 3.8) is 0 Å². The van der Waals surface area contributed by atoms with E-state index < -0.39 is 11.9 Å². The molecule has 0 saturated carbocycles. The highest BCUT2D eigenvalue weighted by Gasteiger charge is 2.35. The fourth-order valence-electron chi connectivity index (χ4n) is 4.10. The molecule has 2 atom stereocenters. The molecular weight excluding hydrogens is 435 g/mol. The second-order valence-electron chi connectivity index (χ2n) is 8.17. The number of carbonyl (C=O) groups is 1. The van der Waals surface area contributed by atoms with Crippen LogP contribution in [0.2, 0.25) is 0 Å². The van der Waals surface area contributed by atoms with Crippen LogP contribution < -0.4 is 5.32 Å². The van der Waals surface area contributed by atoms with Gasteiger partial charge in [-0.2, -0.15) is 28.2 Å². The summed E-state index contributed by atoms with van der Waals surface area (Å²) in [6, 6.07) is 6.08. The summed E-state index contributed by atoms with van der Waals surface area (Å²) in [6.45, 7) is 4.71. The minimum atomic E-state index is -4.55. The van der Waals surface area contributed by atoms with E-state index in [1.165, 1.54) is 4.80 Å². The van der Waals surface area contributed by atoms with E-state index in [-0.39, 0.29) is 30.4 Å². The lowest BCUT2D eigenvalue weighted by Crippen LogP contribution is -2.51. The maximum atomic E-state index is 13.7. The molecule has 4 rings (SSSR count). The Bertz CT molecular complexity index is 1120. The summed E-state index contributed by atoms with van der Waals surface area (Å²) >= 11 is 0. The highest BCUT2D eigenvalue weighted by atomic mass is 19.4. The molecule has 1 aliphatic heterocycles. The van der Waals surface area contributed by atoms with Gasteiger partial charge < -0.3 is 10.2 Å². The summed E-state index contributed by atoms with van der Waals surface area (Å²) in [5.41, 5.74) is 0.953. The molecule has 3 heterocycles. The van der Waals surface area contributed by atoms with E-state index >= 15 is 0 Å².